The van der Waals surface area contributed by atoms with E-state index in [9.17, 15) is 19.8 Å². The van der Waals surface area contributed by atoms with Crippen LogP contribution in [0.5, 0.6) is 0 Å². The minimum atomic E-state index is -1.90. The normalized spacial score (nSPS) is 15.0. The maximum atomic E-state index is 11.5. The van der Waals surface area contributed by atoms with Crippen LogP contribution in [-0.2, 0) is 14.3 Å². The van der Waals surface area contributed by atoms with Gasteiger partial charge in [-0.2, -0.15) is 0 Å². The van der Waals surface area contributed by atoms with E-state index < -0.39 is 43.3 Å². The molecule has 0 spiro atoms. The number of aliphatic hydroxyl groups excluding tert-OH is 4. The summed E-state index contributed by atoms with van der Waals surface area (Å²) >= 11 is 0. The van der Waals surface area contributed by atoms with E-state index in [1.165, 1.54) is 19.3 Å². The van der Waals surface area contributed by atoms with Gasteiger partial charge in [-0.25, -0.2) is 0 Å². The third-order valence-electron chi connectivity index (χ3n) is 3.59. The molecular weight excluding hydrogens is 304 g/mol. The van der Waals surface area contributed by atoms with Crippen LogP contribution in [0.2, 0.25) is 0 Å². The summed E-state index contributed by atoms with van der Waals surface area (Å²) in [6.45, 7) is 0.701. The van der Waals surface area contributed by atoms with Crippen LogP contribution in [0.15, 0.2) is 0 Å². The van der Waals surface area contributed by atoms with Gasteiger partial charge >= 0.3 is 5.97 Å². The number of ether oxygens (including phenoxy) is 1. The summed E-state index contributed by atoms with van der Waals surface area (Å²) in [5, 5.41) is 36.6. The van der Waals surface area contributed by atoms with Gasteiger partial charge in [0.15, 0.2) is 6.61 Å². The van der Waals surface area contributed by atoms with Crippen molar-refractivity contribution in [1.82, 2.24) is 0 Å². The number of rotatable bonds is 14. The Kier molecular flexibility index (Phi) is 12.8. The van der Waals surface area contributed by atoms with Crippen molar-refractivity contribution in [3.8, 4) is 0 Å². The molecular formula is C16H30O7. The zero-order valence-corrected chi connectivity index (χ0v) is 13.8. The molecule has 0 saturated carbocycles. The molecule has 0 radical (unpaired) electrons. The predicted octanol–water partition coefficient (Wildman–Crippen LogP) is 0.314. The summed E-state index contributed by atoms with van der Waals surface area (Å²) in [4.78, 5) is 23.0. The number of hydrogen-bond acceptors (Lipinski definition) is 7. The highest BCUT2D eigenvalue weighted by Gasteiger charge is 2.30. The van der Waals surface area contributed by atoms with E-state index in [4.69, 9.17) is 14.9 Å². The molecule has 0 aliphatic carbocycles. The smallest absolute Gasteiger partial charge is 0.306 e. The van der Waals surface area contributed by atoms with Gasteiger partial charge in [0.05, 0.1) is 6.61 Å². The van der Waals surface area contributed by atoms with Crippen molar-refractivity contribution >= 4 is 11.8 Å². The van der Waals surface area contributed by atoms with Crippen molar-refractivity contribution in [2.24, 2.45) is 0 Å². The molecule has 0 aliphatic rings. The number of carbonyl (C=O) groups is 2. The van der Waals surface area contributed by atoms with E-state index in [0.717, 1.165) is 19.3 Å². The molecule has 0 amide bonds. The molecule has 7 nitrogen and oxygen atoms in total. The molecule has 23 heavy (non-hydrogen) atoms. The fraction of sp³-hybridized carbons (Fsp3) is 0.875. The number of hydrogen-bond donors (Lipinski definition) is 4. The van der Waals surface area contributed by atoms with Gasteiger partial charge in [-0.15, -0.1) is 0 Å². The van der Waals surface area contributed by atoms with Crippen molar-refractivity contribution in [3.05, 3.63) is 0 Å². The van der Waals surface area contributed by atoms with Gasteiger partial charge in [0.2, 0.25) is 5.78 Å². The van der Waals surface area contributed by atoms with Crippen LogP contribution in [0, 0.1) is 0 Å². The first-order valence-corrected chi connectivity index (χ1v) is 8.27. The van der Waals surface area contributed by atoms with Crippen molar-refractivity contribution in [3.63, 3.8) is 0 Å². The summed E-state index contributed by atoms with van der Waals surface area (Å²) in [6, 6.07) is 0. The molecule has 0 aliphatic heterocycles. The fourth-order valence-corrected chi connectivity index (χ4v) is 2.04. The van der Waals surface area contributed by atoms with Crippen molar-refractivity contribution in [2.45, 2.75) is 76.6 Å². The predicted molar refractivity (Wildman–Crippen MR) is 83.7 cm³/mol. The molecule has 3 atom stereocenters. The second kappa shape index (κ2) is 13.4. The Morgan fingerprint density at radius 2 is 1.52 bits per heavy atom. The van der Waals surface area contributed by atoms with E-state index in [1.807, 2.05) is 0 Å². The molecule has 0 saturated heterocycles. The van der Waals surface area contributed by atoms with Crippen molar-refractivity contribution in [1.29, 1.82) is 0 Å². The lowest BCUT2D eigenvalue weighted by Crippen LogP contribution is -2.45. The van der Waals surface area contributed by atoms with Crippen molar-refractivity contribution in [2.75, 3.05) is 13.2 Å². The summed E-state index contributed by atoms with van der Waals surface area (Å²) in [6.07, 6.45) is 2.32. The number of aliphatic hydroxyl groups is 4. The van der Waals surface area contributed by atoms with Crippen LogP contribution in [0.4, 0.5) is 0 Å². The van der Waals surface area contributed by atoms with Gasteiger partial charge in [0.25, 0.3) is 0 Å². The maximum absolute atomic E-state index is 11.5. The lowest BCUT2D eigenvalue weighted by molar-refractivity contribution is -0.155. The fourth-order valence-electron chi connectivity index (χ4n) is 2.04. The van der Waals surface area contributed by atoms with Crippen LogP contribution in [0.25, 0.3) is 0 Å². The first-order chi connectivity index (χ1) is 10.9. The highest BCUT2D eigenvalue weighted by Crippen LogP contribution is 2.09. The van der Waals surface area contributed by atoms with Gasteiger partial charge in [0, 0.05) is 6.42 Å². The number of esters is 1. The Hall–Kier alpha value is -1.02. The molecule has 136 valence electrons. The van der Waals surface area contributed by atoms with Crippen LogP contribution in [0.3, 0.4) is 0 Å². The van der Waals surface area contributed by atoms with Crippen LogP contribution in [0.1, 0.15) is 58.3 Å². The van der Waals surface area contributed by atoms with Gasteiger partial charge in [-0.3, -0.25) is 9.59 Å². The number of ketones is 1. The van der Waals surface area contributed by atoms with E-state index >= 15 is 0 Å². The Balaban J connectivity index is 3.77. The number of Topliss-reactive ketones (excluding diaryl/α,β-unsaturated/α-hetero) is 1. The Morgan fingerprint density at radius 1 is 0.957 bits per heavy atom. The first-order valence-electron chi connectivity index (χ1n) is 8.27. The van der Waals surface area contributed by atoms with Crippen molar-refractivity contribution < 1.29 is 34.8 Å². The monoisotopic (exact) mass is 334 g/mol. The highest BCUT2D eigenvalue weighted by atomic mass is 16.5. The third kappa shape index (κ3) is 10.4. The van der Waals surface area contributed by atoms with Gasteiger partial charge in [-0.05, 0) is 6.42 Å². The summed E-state index contributed by atoms with van der Waals surface area (Å²) in [5.74, 6) is -1.45. The van der Waals surface area contributed by atoms with E-state index in [0.29, 0.717) is 6.42 Å². The lowest BCUT2D eigenvalue weighted by Gasteiger charge is -2.20. The van der Waals surface area contributed by atoms with E-state index in [2.05, 4.69) is 6.92 Å². The molecule has 0 unspecified atom stereocenters. The standard InChI is InChI=1S/C16H30O7/c1-2-3-4-5-6-7-8-9-14(20)23-11-13(19)16(22)15(21)12(18)10-17/h12,15-18,21-22H,2-11H2,1H3/t12-,15-,16-/m1/s1. The molecule has 0 rings (SSSR count). The summed E-state index contributed by atoms with van der Waals surface area (Å²) in [7, 11) is 0. The van der Waals surface area contributed by atoms with Crippen LogP contribution in [-0.4, -0.2) is 63.7 Å². The van der Waals surface area contributed by atoms with E-state index in [-0.39, 0.29) is 6.42 Å². The minimum absolute atomic E-state index is 0.207. The Morgan fingerprint density at radius 3 is 2.09 bits per heavy atom. The topological polar surface area (TPSA) is 124 Å². The number of unbranched alkanes of at least 4 members (excludes halogenated alkanes) is 6. The molecule has 7 heteroatoms. The third-order valence-corrected chi connectivity index (χ3v) is 3.59. The second-order valence-electron chi connectivity index (χ2n) is 5.68. The quantitative estimate of drug-likeness (QED) is 0.266. The Labute approximate surface area is 137 Å². The summed E-state index contributed by atoms with van der Waals surface area (Å²) < 4.78 is 4.73. The molecule has 0 aromatic heterocycles. The molecule has 0 bridgehead atoms. The zero-order chi connectivity index (χ0) is 17.7. The first kappa shape index (κ1) is 22.0. The van der Waals surface area contributed by atoms with Crippen LogP contribution >= 0.6 is 0 Å². The lowest BCUT2D eigenvalue weighted by atomic mass is 10.1. The molecule has 0 aromatic carbocycles. The number of carbonyl (C=O) groups excluding carboxylic acids is 2. The van der Waals surface area contributed by atoms with Gasteiger partial charge < -0.3 is 25.2 Å². The zero-order valence-electron chi connectivity index (χ0n) is 13.8. The Bertz CT molecular complexity index is 332. The van der Waals surface area contributed by atoms with Gasteiger partial charge in [0.1, 0.15) is 18.3 Å². The van der Waals surface area contributed by atoms with Crippen LogP contribution < -0.4 is 0 Å². The maximum Gasteiger partial charge on any atom is 0.306 e. The van der Waals surface area contributed by atoms with Gasteiger partial charge in [-0.1, -0.05) is 45.4 Å². The minimum Gasteiger partial charge on any atom is -0.458 e. The average Bonchev–Trinajstić information content (AvgIpc) is 2.56. The molecule has 0 fully saturated rings. The highest BCUT2D eigenvalue weighted by molar-refractivity contribution is 5.86. The van der Waals surface area contributed by atoms with E-state index in [1.54, 1.807) is 0 Å². The molecule has 0 aromatic rings. The average molecular weight is 334 g/mol. The molecule has 0 heterocycles. The SMILES string of the molecule is CCCCCCCCCC(=O)OCC(=O)[C@@H](O)[C@H](O)[C@H](O)CO. The molecule has 4 N–H and O–H groups in total. The second-order valence-corrected chi connectivity index (χ2v) is 5.68. The largest absolute Gasteiger partial charge is 0.458 e. The summed E-state index contributed by atoms with van der Waals surface area (Å²) in [5.41, 5.74) is 0.